The Balaban J connectivity index is 1.28. The lowest BCUT2D eigenvalue weighted by atomic mass is 9.97. The van der Waals surface area contributed by atoms with Crippen LogP contribution in [-0.4, -0.2) is 15.0 Å². The summed E-state index contributed by atoms with van der Waals surface area (Å²) in [7, 11) is 0. The van der Waals surface area contributed by atoms with E-state index >= 15 is 0 Å². The molecule has 0 atom stereocenters. The van der Waals surface area contributed by atoms with Crippen LogP contribution in [0, 0.1) is 6.92 Å². The van der Waals surface area contributed by atoms with E-state index in [1.165, 1.54) is 16.7 Å². The maximum absolute atomic E-state index is 6.35. The van der Waals surface area contributed by atoms with Crippen molar-refractivity contribution >= 4 is 21.9 Å². The summed E-state index contributed by atoms with van der Waals surface area (Å²) in [5.41, 5.74) is 10.4. The van der Waals surface area contributed by atoms with E-state index in [-0.39, 0.29) is 0 Å². The Hall–Kier alpha value is -5.87. The fraction of sp³-hybridized carbons (Fsp3) is 0.0250. The Kier molecular flexibility index (Phi) is 6.31. The van der Waals surface area contributed by atoms with Gasteiger partial charge in [-0.05, 0) is 47.4 Å². The van der Waals surface area contributed by atoms with Crippen molar-refractivity contribution in [2.24, 2.45) is 0 Å². The lowest BCUT2D eigenvalue weighted by Gasteiger charge is -2.09. The van der Waals surface area contributed by atoms with Crippen LogP contribution in [0.1, 0.15) is 5.56 Å². The lowest BCUT2D eigenvalue weighted by Crippen LogP contribution is -2.00. The van der Waals surface area contributed by atoms with Crippen LogP contribution in [-0.2, 0) is 0 Å². The van der Waals surface area contributed by atoms with Crippen LogP contribution < -0.4 is 0 Å². The maximum atomic E-state index is 6.35. The van der Waals surface area contributed by atoms with Crippen LogP contribution in [0.3, 0.4) is 0 Å². The highest BCUT2D eigenvalue weighted by molar-refractivity contribution is 6.12. The molecular weight excluding hydrogens is 538 g/mol. The van der Waals surface area contributed by atoms with Crippen molar-refractivity contribution in [3.05, 3.63) is 151 Å². The van der Waals surface area contributed by atoms with Crippen LogP contribution in [0.2, 0.25) is 0 Å². The number of benzene rings is 6. The monoisotopic (exact) mass is 565 g/mol. The van der Waals surface area contributed by atoms with Gasteiger partial charge < -0.3 is 4.42 Å². The summed E-state index contributed by atoms with van der Waals surface area (Å²) in [4.78, 5) is 14.9. The Labute approximate surface area is 255 Å². The molecule has 8 aromatic rings. The molecule has 0 amide bonds. The minimum Gasteiger partial charge on any atom is -0.456 e. The number of furan rings is 1. The molecule has 4 heteroatoms. The molecule has 0 N–H and O–H groups in total. The number of hydrogen-bond acceptors (Lipinski definition) is 4. The third kappa shape index (κ3) is 4.73. The third-order valence-corrected chi connectivity index (χ3v) is 8.00. The third-order valence-electron chi connectivity index (χ3n) is 8.00. The van der Waals surface area contributed by atoms with E-state index in [0.717, 1.165) is 49.8 Å². The fourth-order valence-electron chi connectivity index (χ4n) is 5.80. The van der Waals surface area contributed by atoms with Gasteiger partial charge in [-0.1, -0.05) is 133 Å². The van der Waals surface area contributed by atoms with E-state index in [0.29, 0.717) is 17.5 Å². The van der Waals surface area contributed by atoms with E-state index in [1.54, 1.807) is 0 Å². The minimum atomic E-state index is 0.610. The predicted molar refractivity (Wildman–Crippen MR) is 179 cm³/mol. The molecule has 208 valence electrons. The van der Waals surface area contributed by atoms with Crippen LogP contribution in [0.4, 0.5) is 0 Å². The number of fused-ring (bicyclic) bond motifs is 3. The molecule has 44 heavy (non-hydrogen) atoms. The highest BCUT2D eigenvalue weighted by Gasteiger charge is 2.18. The van der Waals surface area contributed by atoms with Gasteiger partial charge in [-0.25, -0.2) is 15.0 Å². The summed E-state index contributed by atoms with van der Waals surface area (Å²) < 4.78 is 6.35. The van der Waals surface area contributed by atoms with Gasteiger partial charge in [0.1, 0.15) is 11.2 Å². The molecule has 4 nitrogen and oxygen atoms in total. The van der Waals surface area contributed by atoms with Crippen molar-refractivity contribution < 1.29 is 4.42 Å². The summed E-state index contributed by atoms with van der Waals surface area (Å²) in [5, 5.41) is 2.02. The Morgan fingerprint density at radius 1 is 0.409 bits per heavy atom. The van der Waals surface area contributed by atoms with Gasteiger partial charge in [0.15, 0.2) is 17.5 Å². The molecule has 0 saturated heterocycles. The van der Waals surface area contributed by atoms with Crippen LogP contribution in [0.5, 0.6) is 0 Å². The second-order valence-electron chi connectivity index (χ2n) is 11.0. The first-order valence-corrected chi connectivity index (χ1v) is 14.7. The zero-order valence-corrected chi connectivity index (χ0v) is 24.1. The van der Waals surface area contributed by atoms with Crippen LogP contribution in [0.25, 0.3) is 78.4 Å². The molecule has 0 aliphatic rings. The molecule has 8 rings (SSSR count). The Morgan fingerprint density at radius 2 is 0.955 bits per heavy atom. The number of hydrogen-bond donors (Lipinski definition) is 0. The normalized spacial score (nSPS) is 11.3. The highest BCUT2D eigenvalue weighted by atomic mass is 16.3. The average Bonchev–Trinajstić information content (AvgIpc) is 3.47. The van der Waals surface area contributed by atoms with E-state index in [1.807, 2.05) is 72.8 Å². The first kappa shape index (κ1) is 25.8. The lowest BCUT2D eigenvalue weighted by molar-refractivity contribution is 0.669. The molecular formula is C40H27N3O. The molecule has 0 bridgehead atoms. The summed E-state index contributed by atoms with van der Waals surface area (Å²) in [6.07, 6.45) is 0. The molecule has 0 spiro atoms. The predicted octanol–water partition coefficient (Wildman–Crippen LogP) is 10.4. The van der Waals surface area contributed by atoms with E-state index in [4.69, 9.17) is 19.4 Å². The molecule has 0 saturated carbocycles. The van der Waals surface area contributed by atoms with Crippen molar-refractivity contribution in [3.63, 3.8) is 0 Å². The molecule has 0 fully saturated rings. The van der Waals surface area contributed by atoms with Gasteiger partial charge >= 0.3 is 0 Å². The van der Waals surface area contributed by atoms with Gasteiger partial charge in [0.05, 0.1) is 0 Å². The Bertz CT molecular complexity index is 2210. The molecule has 0 radical (unpaired) electrons. The molecule has 0 aliphatic carbocycles. The topological polar surface area (TPSA) is 51.8 Å². The molecule has 0 aliphatic heterocycles. The zero-order chi connectivity index (χ0) is 29.5. The van der Waals surface area contributed by atoms with Gasteiger partial charge in [0, 0.05) is 27.5 Å². The highest BCUT2D eigenvalue weighted by Crippen LogP contribution is 2.38. The van der Waals surface area contributed by atoms with Gasteiger partial charge in [-0.2, -0.15) is 0 Å². The average molecular weight is 566 g/mol. The number of aromatic nitrogens is 3. The van der Waals surface area contributed by atoms with Crippen molar-refractivity contribution in [2.45, 2.75) is 6.92 Å². The SMILES string of the molecule is Cc1cccc(-c2ccc(-c3ccc4oc5cccc(-c6nc(-c7ccccc7)nc(-c7ccccc7)n6)c5c4c3)cc2)c1. The summed E-state index contributed by atoms with van der Waals surface area (Å²) in [6.45, 7) is 2.12. The second-order valence-corrected chi connectivity index (χ2v) is 11.0. The first-order chi connectivity index (χ1) is 21.7. The molecule has 0 unspecified atom stereocenters. The zero-order valence-electron chi connectivity index (χ0n) is 24.1. The van der Waals surface area contributed by atoms with E-state index < -0.39 is 0 Å². The van der Waals surface area contributed by atoms with Crippen LogP contribution in [0.15, 0.2) is 150 Å². The smallest absolute Gasteiger partial charge is 0.164 e. The molecule has 2 aromatic heterocycles. The van der Waals surface area contributed by atoms with Gasteiger partial charge in [0.25, 0.3) is 0 Å². The van der Waals surface area contributed by atoms with Crippen LogP contribution >= 0.6 is 0 Å². The standard InChI is InChI=1S/C40H27N3O/c1-26-10-8-15-31(24-26)27-18-20-28(21-19-27)32-22-23-35-34(25-32)37-33(16-9-17-36(37)44-35)40-42-38(29-11-4-2-5-12-29)41-39(43-40)30-13-6-3-7-14-30/h2-25H,1H3. The summed E-state index contributed by atoms with van der Waals surface area (Å²) >= 11 is 0. The summed E-state index contributed by atoms with van der Waals surface area (Å²) in [5.74, 6) is 1.88. The van der Waals surface area contributed by atoms with Gasteiger partial charge in [0.2, 0.25) is 0 Å². The largest absolute Gasteiger partial charge is 0.456 e. The second kappa shape index (κ2) is 10.8. The first-order valence-electron chi connectivity index (χ1n) is 14.7. The molecule has 6 aromatic carbocycles. The van der Waals surface area contributed by atoms with Crippen molar-refractivity contribution in [2.75, 3.05) is 0 Å². The van der Waals surface area contributed by atoms with Crippen molar-refractivity contribution in [1.29, 1.82) is 0 Å². The minimum absolute atomic E-state index is 0.610. The Morgan fingerprint density at radius 3 is 1.59 bits per heavy atom. The number of aryl methyl sites for hydroxylation is 1. The van der Waals surface area contributed by atoms with Gasteiger partial charge in [-0.3, -0.25) is 0 Å². The van der Waals surface area contributed by atoms with E-state index in [2.05, 4.69) is 79.7 Å². The van der Waals surface area contributed by atoms with Crippen molar-refractivity contribution in [1.82, 2.24) is 15.0 Å². The van der Waals surface area contributed by atoms with Crippen molar-refractivity contribution in [3.8, 4) is 56.4 Å². The van der Waals surface area contributed by atoms with Gasteiger partial charge in [-0.15, -0.1) is 0 Å². The fourth-order valence-corrected chi connectivity index (χ4v) is 5.80. The quantitative estimate of drug-likeness (QED) is 0.208. The number of rotatable bonds is 5. The summed E-state index contributed by atoms with van der Waals surface area (Å²) in [6, 6.07) is 49.9. The molecule has 2 heterocycles. The maximum Gasteiger partial charge on any atom is 0.164 e. The van der Waals surface area contributed by atoms with E-state index in [9.17, 15) is 0 Å². The number of nitrogens with zero attached hydrogens (tertiary/aromatic N) is 3.